The molecule has 0 bridgehead atoms. The van der Waals surface area contributed by atoms with Crippen molar-refractivity contribution in [3.8, 4) is 0 Å². The molecule has 0 aliphatic carbocycles. The van der Waals surface area contributed by atoms with Crippen LogP contribution in [0.5, 0.6) is 0 Å². The Morgan fingerprint density at radius 1 is 1.05 bits per heavy atom. The van der Waals surface area contributed by atoms with Crippen molar-refractivity contribution in [2.24, 2.45) is 0 Å². The monoisotopic (exact) mass is 568 g/mol. The van der Waals surface area contributed by atoms with Gasteiger partial charge in [-0.3, -0.25) is 9.59 Å². The molecule has 0 aliphatic rings. The van der Waals surface area contributed by atoms with Crippen molar-refractivity contribution in [3.63, 3.8) is 0 Å². The minimum Gasteiger partial charge on any atom is -0.348 e. The van der Waals surface area contributed by atoms with E-state index in [0.717, 1.165) is 0 Å². The highest BCUT2D eigenvalue weighted by molar-refractivity contribution is 5.96. The Morgan fingerprint density at radius 2 is 1.77 bits per heavy atom. The fourth-order valence-corrected chi connectivity index (χ4v) is 3.58. The number of nitrogens with one attached hydrogen (secondary N) is 3. The van der Waals surface area contributed by atoms with Crippen LogP contribution in [0.3, 0.4) is 0 Å². The maximum absolute atomic E-state index is 15.5. The minimum atomic E-state index is -4.77. The Kier molecular flexibility index (Phi) is 9.51. The number of H-pyrrole nitrogens is 1. The van der Waals surface area contributed by atoms with E-state index in [-0.39, 0.29) is 23.1 Å². The topological polar surface area (TPSA) is 86.9 Å². The van der Waals surface area contributed by atoms with Gasteiger partial charge in [-0.2, -0.15) is 13.2 Å². The molecular formula is C27H23F7N4O2. The smallest absolute Gasteiger partial charge is 0.348 e. The number of hydrogen-bond acceptors (Lipinski definition) is 3. The number of allylic oxidation sites excluding steroid dienone is 3. The van der Waals surface area contributed by atoms with Crippen LogP contribution in [0.2, 0.25) is 0 Å². The van der Waals surface area contributed by atoms with Crippen LogP contribution >= 0.6 is 0 Å². The maximum Gasteiger partial charge on any atom is 0.416 e. The largest absolute Gasteiger partial charge is 0.416 e. The Labute approximate surface area is 224 Å². The zero-order chi connectivity index (χ0) is 29.6. The summed E-state index contributed by atoms with van der Waals surface area (Å²) < 4.78 is 97.8. The van der Waals surface area contributed by atoms with Gasteiger partial charge in [0.1, 0.15) is 23.3 Å². The molecule has 212 valence electrons. The average molecular weight is 568 g/mol. The molecular weight excluding hydrogens is 545 g/mol. The number of anilines is 1. The molecule has 0 unspecified atom stereocenters. The summed E-state index contributed by atoms with van der Waals surface area (Å²) in [5.41, 5.74) is -3.66. The summed E-state index contributed by atoms with van der Waals surface area (Å²) in [5, 5.41) is 4.51. The van der Waals surface area contributed by atoms with Crippen LogP contribution in [-0.2, 0) is 17.5 Å². The van der Waals surface area contributed by atoms with Gasteiger partial charge < -0.3 is 15.6 Å². The summed E-state index contributed by atoms with van der Waals surface area (Å²) in [5.74, 6) is -6.88. The summed E-state index contributed by atoms with van der Waals surface area (Å²) in [6, 6.07) is 1.86. The van der Waals surface area contributed by atoms with Crippen molar-refractivity contribution in [1.29, 1.82) is 0 Å². The first-order valence-electron chi connectivity index (χ1n) is 11.8. The second kappa shape index (κ2) is 12.6. The molecule has 2 amide bonds. The highest BCUT2D eigenvalue weighted by Gasteiger charge is 2.31. The van der Waals surface area contributed by atoms with E-state index < -0.39 is 64.2 Å². The summed E-state index contributed by atoms with van der Waals surface area (Å²) in [4.78, 5) is 30.6. The second-order valence-electron chi connectivity index (χ2n) is 8.54. The summed E-state index contributed by atoms with van der Waals surface area (Å²) in [7, 11) is 0. The van der Waals surface area contributed by atoms with Crippen LogP contribution in [-0.4, -0.2) is 21.8 Å². The molecule has 1 heterocycles. The first-order valence-corrected chi connectivity index (χ1v) is 11.8. The van der Waals surface area contributed by atoms with Crippen molar-refractivity contribution >= 4 is 29.3 Å². The Balaban J connectivity index is 1.94. The van der Waals surface area contributed by atoms with Crippen LogP contribution in [0, 0.1) is 23.3 Å². The van der Waals surface area contributed by atoms with Gasteiger partial charge in [-0.1, -0.05) is 25.5 Å². The number of carbonyl (C=O) groups excluding carboxylic acids is 2. The van der Waals surface area contributed by atoms with Crippen LogP contribution in [0.1, 0.15) is 59.6 Å². The molecule has 0 saturated carbocycles. The van der Waals surface area contributed by atoms with Crippen LogP contribution < -0.4 is 10.6 Å². The Morgan fingerprint density at radius 3 is 2.42 bits per heavy atom. The summed E-state index contributed by atoms with van der Waals surface area (Å²) in [6.07, 6.45) is 1.35. The van der Waals surface area contributed by atoms with E-state index in [0.29, 0.717) is 37.1 Å². The molecule has 0 fully saturated rings. The maximum atomic E-state index is 15.5. The number of halogens is 7. The highest BCUT2D eigenvalue weighted by Crippen LogP contribution is 2.31. The molecule has 1 aromatic heterocycles. The average Bonchev–Trinajstić information content (AvgIpc) is 3.32. The third-order valence-corrected chi connectivity index (χ3v) is 5.48. The van der Waals surface area contributed by atoms with Gasteiger partial charge in [-0.15, -0.1) is 0 Å². The molecule has 0 spiro atoms. The molecule has 40 heavy (non-hydrogen) atoms. The molecule has 3 aromatic rings. The molecule has 3 N–H and O–H groups in total. The van der Waals surface area contributed by atoms with E-state index in [4.69, 9.17) is 0 Å². The third-order valence-electron chi connectivity index (χ3n) is 5.48. The normalized spacial score (nSPS) is 12.2. The zero-order valence-corrected chi connectivity index (χ0v) is 21.1. The van der Waals surface area contributed by atoms with E-state index in [9.17, 15) is 35.9 Å². The lowest BCUT2D eigenvalue weighted by Crippen LogP contribution is -2.25. The van der Waals surface area contributed by atoms with Crippen LogP contribution in [0.25, 0.3) is 11.6 Å². The van der Waals surface area contributed by atoms with Crippen LogP contribution in [0.15, 0.2) is 42.6 Å². The number of aromatic amines is 1. The minimum absolute atomic E-state index is 0.133. The van der Waals surface area contributed by atoms with Gasteiger partial charge in [0.2, 0.25) is 5.91 Å². The highest BCUT2D eigenvalue weighted by atomic mass is 19.4. The Bertz CT molecular complexity index is 1480. The van der Waals surface area contributed by atoms with Gasteiger partial charge in [0.05, 0.1) is 22.9 Å². The lowest BCUT2D eigenvalue weighted by molar-refractivity contribution is -0.137. The molecule has 0 radical (unpaired) electrons. The van der Waals surface area contributed by atoms with Gasteiger partial charge in [0, 0.05) is 19.0 Å². The predicted octanol–water partition coefficient (Wildman–Crippen LogP) is 6.77. The van der Waals surface area contributed by atoms with E-state index in [1.807, 2.05) is 5.32 Å². The van der Waals surface area contributed by atoms with Gasteiger partial charge >= 0.3 is 6.18 Å². The SMILES string of the molecule is CCC/C=C(/C=C\c1ncc(NC(C)=O)[nH]1)c1c(F)c(F)cc(C(=O)NCc2cc(C(F)(F)F)ccc2F)c1F. The number of nitrogens with zero attached hydrogens (tertiary/aromatic N) is 1. The van der Waals surface area contributed by atoms with Gasteiger partial charge in [-0.05, 0) is 42.3 Å². The Hall–Kier alpha value is -4.42. The fraction of sp³-hybridized carbons (Fsp3) is 0.222. The number of aromatic nitrogens is 2. The number of carbonyl (C=O) groups is 2. The van der Waals surface area contributed by atoms with Crippen LogP contribution in [0.4, 0.5) is 36.6 Å². The molecule has 0 aliphatic heterocycles. The molecule has 6 nitrogen and oxygen atoms in total. The molecule has 3 rings (SSSR count). The number of amides is 2. The van der Waals surface area contributed by atoms with E-state index in [2.05, 4.69) is 15.3 Å². The molecule has 0 atom stereocenters. The second-order valence-corrected chi connectivity index (χ2v) is 8.54. The quantitative estimate of drug-likeness (QED) is 0.151. The van der Waals surface area contributed by atoms with Crippen molar-refractivity contribution in [2.75, 3.05) is 5.32 Å². The number of rotatable bonds is 9. The van der Waals surface area contributed by atoms with Crippen molar-refractivity contribution < 1.29 is 40.3 Å². The molecule has 13 heteroatoms. The van der Waals surface area contributed by atoms with Gasteiger partial charge in [0.15, 0.2) is 11.6 Å². The zero-order valence-electron chi connectivity index (χ0n) is 21.1. The lowest BCUT2D eigenvalue weighted by Gasteiger charge is -2.13. The number of benzene rings is 2. The van der Waals surface area contributed by atoms with Crippen molar-refractivity contribution in [2.45, 2.75) is 39.4 Å². The number of imidazole rings is 1. The van der Waals surface area contributed by atoms with Gasteiger partial charge in [-0.25, -0.2) is 22.5 Å². The summed E-state index contributed by atoms with van der Waals surface area (Å²) >= 11 is 0. The number of unbranched alkanes of at least 4 members (excludes halogenated alkanes) is 1. The standard InChI is InChI=1S/C27H23F7N4O2/c1-3-4-5-15(6-9-21-35-13-22(38-21)37-14(2)39)23-24(30)18(11-20(29)25(23)31)26(40)36-12-16-10-17(27(32,33)34)7-8-19(16)28/h5-11,13H,3-4,12H2,1-2H3,(H,35,38)(H,36,40)(H,37,39)/b9-6-,15-5-. The number of hydrogen-bond donors (Lipinski definition) is 3. The first-order chi connectivity index (χ1) is 18.8. The number of alkyl halides is 3. The van der Waals surface area contributed by atoms with Crippen molar-refractivity contribution in [1.82, 2.24) is 15.3 Å². The molecule has 2 aromatic carbocycles. The molecule has 0 saturated heterocycles. The third kappa shape index (κ3) is 7.36. The lowest BCUT2D eigenvalue weighted by atomic mass is 9.98. The van der Waals surface area contributed by atoms with E-state index in [1.54, 1.807) is 6.92 Å². The van der Waals surface area contributed by atoms with E-state index in [1.165, 1.54) is 31.3 Å². The first kappa shape index (κ1) is 30.1. The van der Waals surface area contributed by atoms with Crippen molar-refractivity contribution in [3.05, 3.63) is 94.0 Å². The van der Waals surface area contributed by atoms with Gasteiger partial charge in [0.25, 0.3) is 5.91 Å². The predicted molar refractivity (Wildman–Crippen MR) is 134 cm³/mol. The van der Waals surface area contributed by atoms with E-state index >= 15 is 4.39 Å². The summed E-state index contributed by atoms with van der Waals surface area (Å²) in [6.45, 7) is 2.28. The fourth-order valence-electron chi connectivity index (χ4n) is 3.58.